The number of ether oxygens (including phenoxy) is 1. The minimum atomic E-state index is -4.09. The lowest BCUT2D eigenvalue weighted by Crippen LogP contribution is -2.41. The summed E-state index contributed by atoms with van der Waals surface area (Å²) in [7, 11) is -2.61. The number of hydrogen-bond acceptors (Lipinski definition) is 5. The van der Waals surface area contributed by atoms with Gasteiger partial charge < -0.3 is 10.1 Å². The van der Waals surface area contributed by atoms with Gasteiger partial charge in [0.15, 0.2) is 0 Å². The van der Waals surface area contributed by atoms with E-state index >= 15 is 0 Å². The van der Waals surface area contributed by atoms with E-state index in [-0.39, 0.29) is 10.6 Å². The van der Waals surface area contributed by atoms with E-state index in [2.05, 4.69) is 5.32 Å². The monoisotopic (exact) mass is 508 g/mol. The minimum Gasteiger partial charge on any atom is -0.497 e. The molecule has 0 radical (unpaired) electrons. The summed E-state index contributed by atoms with van der Waals surface area (Å²) in [6.07, 6.45) is 0. The Morgan fingerprint density at radius 1 is 1.03 bits per heavy atom. The number of hydrogen-bond donors (Lipinski definition) is 1. The van der Waals surface area contributed by atoms with Crippen molar-refractivity contribution < 1.29 is 22.3 Å². The molecule has 0 aliphatic heterocycles. The Bertz CT molecular complexity index is 1170. The number of benzene rings is 3. The van der Waals surface area contributed by atoms with Crippen molar-refractivity contribution in [3.8, 4) is 5.75 Å². The Kier molecular flexibility index (Phi) is 8.60. The van der Waals surface area contributed by atoms with Crippen LogP contribution < -0.4 is 14.4 Å². The van der Waals surface area contributed by atoms with Gasteiger partial charge in [-0.15, -0.1) is 11.8 Å². The fraction of sp³-hybridized carbons (Fsp3) is 0.174. The molecule has 0 atom stereocenters. The second-order valence-electron chi connectivity index (χ2n) is 6.82. The minimum absolute atomic E-state index is 0.0151. The average molecular weight is 509 g/mol. The Balaban J connectivity index is 1.70. The van der Waals surface area contributed by atoms with Crippen molar-refractivity contribution in [3.63, 3.8) is 0 Å². The molecule has 0 fully saturated rings. The molecule has 3 aromatic carbocycles. The lowest BCUT2D eigenvalue weighted by atomic mass is 10.3. The summed E-state index contributed by atoms with van der Waals surface area (Å²) in [6, 6.07) is 18.1. The molecule has 0 saturated heterocycles. The van der Waals surface area contributed by atoms with Gasteiger partial charge in [-0.3, -0.25) is 9.10 Å². The standard InChI is InChI=1S/C23H22ClFN2O4S2/c1-31-20-8-12-22(13-9-20)33(29,30)27(19-6-4-18(25)5-7-19)16-23(28)26-14-15-32-21-10-2-17(24)3-11-21/h2-13H,14-16H2,1H3,(H,26,28). The number of halogens is 2. The number of sulfonamides is 1. The van der Waals surface area contributed by atoms with Gasteiger partial charge in [0.05, 0.1) is 17.7 Å². The molecule has 0 unspecified atom stereocenters. The van der Waals surface area contributed by atoms with Gasteiger partial charge in [-0.2, -0.15) is 0 Å². The van der Waals surface area contributed by atoms with Gasteiger partial charge in [0, 0.05) is 22.2 Å². The van der Waals surface area contributed by atoms with Crippen molar-refractivity contribution in [2.45, 2.75) is 9.79 Å². The molecular formula is C23H22ClFN2O4S2. The molecule has 0 spiro atoms. The zero-order valence-corrected chi connectivity index (χ0v) is 20.1. The van der Waals surface area contributed by atoms with Gasteiger partial charge in [0.25, 0.3) is 10.0 Å². The smallest absolute Gasteiger partial charge is 0.264 e. The largest absolute Gasteiger partial charge is 0.497 e. The van der Waals surface area contributed by atoms with Crippen molar-refractivity contribution in [2.75, 3.05) is 30.3 Å². The first-order valence-electron chi connectivity index (χ1n) is 9.87. The summed E-state index contributed by atoms with van der Waals surface area (Å²) in [5, 5.41) is 3.38. The van der Waals surface area contributed by atoms with Gasteiger partial charge in [0.1, 0.15) is 18.1 Å². The number of carbonyl (C=O) groups is 1. The average Bonchev–Trinajstić information content (AvgIpc) is 2.82. The number of carbonyl (C=O) groups excluding carboxylic acids is 1. The first-order valence-corrected chi connectivity index (χ1v) is 12.7. The summed E-state index contributed by atoms with van der Waals surface area (Å²) >= 11 is 7.41. The molecule has 33 heavy (non-hydrogen) atoms. The molecule has 1 N–H and O–H groups in total. The highest BCUT2D eigenvalue weighted by atomic mass is 35.5. The van der Waals surface area contributed by atoms with E-state index in [1.807, 2.05) is 12.1 Å². The molecule has 6 nitrogen and oxygen atoms in total. The highest BCUT2D eigenvalue weighted by Gasteiger charge is 2.27. The SMILES string of the molecule is COc1ccc(S(=O)(=O)N(CC(=O)NCCSc2ccc(Cl)cc2)c2ccc(F)cc2)cc1. The quantitative estimate of drug-likeness (QED) is 0.320. The number of thioether (sulfide) groups is 1. The summed E-state index contributed by atoms with van der Waals surface area (Å²) in [5.41, 5.74) is 0.179. The number of nitrogens with one attached hydrogen (secondary N) is 1. The first kappa shape index (κ1) is 24.9. The molecule has 1 amide bonds. The van der Waals surface area contributed by atoms with Gasteiger partial charge in [0.2, 0.25) is 5.91 Å². The van der Waals surface area contributed by atoms with Crippen LogP contribution in [0.4, 0.5) is 10.1 Å². The summed E-state index contributed by atoms with van der Waals surface area (Å²) in [5.74, 6) is 0.102. The van der Waals surface area contributed by atoms with E-state index in [1.54, 1.807) is 12.1 Å². The molecule has 0 saturated carbocycles. The maximum Gasteiger partial charge on any atom is 0.264 e. The van der Waals surface area contributed by atoms with Crippen LogP contribution in [0.15, 0.2) is 82.6 Å². The molecule has 0 heterocycles. The van der Waals surface area contributed by atoms with Crippen molar-refractivity contribution in [1.29, 1.82) is 0 Å². The van der Waals surface area contributed by atoms with Gasteiger partial charge in [-0.25, -0.2) is 12.8 Å². The van der Waals surface area contributed by atoms with Crippen LogP contribution in [0, 0.1) is 5.82 Å². The van der Waals surface area contributed by atoms with Gasteiger partial charge in [-0.1, -0.05) is 11.6 Å². The molecular weight excluding hydrogens is 487 g/mol. The molecule has 0 aromatic heterocycles. The topological polar surface area (TPSA) is 75.7 Å². The molecule has 0 aliphatic rings. The van der Waals surface area contributed by atoms with Crippen molar-refractivity contribution in [1.82, 2.24) is 5.32 Å². The predicted octanol–water partition coefficient (Wildman–Crippen LogP) is 4.59. The van der Waals surface area contributed by atoms with Crippen LogP contribution >= 0.6 is 23.4 Å². The van der Waals surface area contributed by atoms with Crippen LogP contribution in [-0.4, -0.2) is 40.3 Å². The highest BCUT2D eigenvalue weighted by molar-refractivity contribution is 7.99. The van der Waals surface area contributed by atoms with E-state index in [9.17, 15) is 17.6 Å². The number of methoxy groups -OCH3 is 1. The van der Waals surface area contributed by atoms with Crippen LogP contribution in [0.1, 0.15) is 0 Å². The van der Waals surface area contributed by atoms with Crippen molar-refractivity contribution in [3.05, 3.63) is 83.6 Å². The maximum absolute atomic E-state index is 13.4. The normalized spacial score (nSPS) is 11.1. The maximum atomic E-state index is 13.4. The summed E-state index contributed by atoms with van der Waals surface area (Å²) in [6.45, 7) is -0.114. The predicted molar refractivity (Wildman–Crippen MR) is 129 cm³/mol. The van der Waals surface area contributed by atoms with Crippen LogP contribution in [0.5, 0.6) is 5.75 Å². The van der Waals surface area contributed by atoms with E-state index in [0.717, 1.165) is 21.3 Å². The lowest BCUT2D eigenvalue weighted by Gasteiger charge is -2.24. The number of rotatable bonds is 10. The van der Waals surface area contributed by atoms with E-state index in [4.69, 9.17) is 16.3 Å². The summed E-state index contributed by atoms with van der Waals surface area (Å²) in [4.78, 5) is 13.6. The zero-order chi connectivity index (χ0) is 23.8. The Labute approximate surface area is 201 Å². The Hall–Kier alpha value is -2.75. The third kappa shape index (κ3) is 6.86. The van der Waals surface area contributed by atoms with Crippen LogP contribution in [0.2, 0.25) is 5.02 Å². The first-order chi connectivity index (χ1) is 15.8. The van der Waals surface area contributed by atoms with E-state index < -0.39 is 28.3 Å². The van der Waals surface area contributed by atoms with Crippen LogP contribution in [0.25, 0.3) is 0 Å². The fourth-order valence-electron chi connectivity index (χ4n) is 2.87. The molecule has 10 heteroatoms. The van der Waals surface area contributed by atoms with E-state index in [1.165, 1.54) is 55.3 Å². The fourth-order valence-corrected chi connectivity index (χ4v) is 5.19. The van der Waals surface area contributed by atoms with Gasteiger partial charge >= 0.3 is 0 Å². The molecule has 3 rings (SSSR count). The molecule has 0 bridgehead atoms. The van der Waals surface area contributed by atoms with Crippen LogP contribution in [-0.2, 0) is 14.8 Å². The number of anilines is 1. The number of nitrogens with zero attached hydrogens (tertiary/aromatic N) is 1. The molecule has 3 aromatic rings. The molecule has 174 valence electrons. The molecule has 0 aliphatic carbocycles. The Morgan fingerprint density at radius 3 is 2.27 bits per heavy atom. The van der Waals surface area contributed by atoms with Crippen molar-refractivity contribution in [2.24, 2.45) is 0 Å². The summed E-state index contributed by atoms with van der Waals surface area (Å²) < 4.78 is 46.0. The lowest BCUT2D eigenvalue weighted by molar-refractivity contribution is -0.119. The van der Waals surface area contributed by atoms with Crippen molar-refractivity contribution >= 4 is 45.0 Å². The van der Waals surface area contributed by atoms with E-state index in [0.29, 0.717) is 23.1 Å². The number of amides is 1. The Morgan fingerprint density at radius 2 is 1.67 bits per heavy atom. The second-order valence-corrected chi connectivity index (χ2v) is 10.3. The van der Waals surface area contributed by atoms with Crippen LogP contribution in [0.3, 0.4) is 0 Å². The second kappa shape index (κ2) is 11.4. The third-order valence-electron chi connectivity index (χ3n) is 4.56. The van der Waals surface area contributed by atoms with Gasteiger partial charge in [-0.05, 0) is 72.8 Å². The highest BCUT2D eigenvalue weighted by Crippen LogP contribution is 2.25. The zero-order valence-electron chi connectivity index (χ0n) is 17.7. The third-order valence-corrected chi connectivity index (χ3v) is 7.61.